The lowest BCUT2D eigenvalue weighted by molar-refractivity contribution is -0.384. The minimum Gasteiger partial charge on any atom is -0.439 e. The van der Waals surface area contributed by atoms with Gasteiger partial charge in [-0.25, -0.2) is 4.98 Å². The topological polar surface area (TPSA) is 90.2 Å². The molecule has 0 aliphatic carbocycles. The van der Waals surface area contributed by atoms with E-state index in [9.17, 15) is 10.1 Å². The number of hydrogen-bond acceptors (Lipinski definition) is 6. The fourth-order valence-electron chi connectivity index (χ4n) is 1.69. The highest BCUT2D eigenvalue weighted by molar-refractivity contribution is 5.49. The van der Waals surface area contributed by atoms with Gasteiger partial charge in [0.15, 0.2) is 0 Å². The Kier molecular flexibility index (Phi) is 3.79. The van der Waals surface area contributed by atoms with Gasteiger partial charge in [-0.1, -0.05) is 0 Å². The number of ether oxygens (including phenoxy) is 1. The molecular weight excluding hydrogens is 260 g/mol. The van der Waals surface area contributed by atoms with E-state index in [-0.39, 0.29) is 5.69 Å². The Morgan fingerprint density at radius 1 is 1.20 bits per heavy atom. The van der Waals surface area contributed by atoms with Gasteiger partial charge < -0.3 is 10.1 Å². The second-order valence-corrected chi connectivity index (χ2v) is 4.15. The summed E-state index contributed by atoms with van der Waals surface area (Å²) in [5.74, 6) is 2.18. The first-order valence-corrected chi connectivity index (χ1v) is 5.96. The van der Waals surface area contributed by atoms with Crippen LogP contribution < -0.4 is 10.1 Å². The maximum atomic E-state index is 10.6. The van der Waals surface area contributed by atoms with Crippen molar-refractivity contribution in [2.45, 2.75) is 13.8 Å². The molecule has 1 aromatic heterocycles. The van der Waals surface area contributed by atoms with Crippen molar-refractivity contribution in [3.05, 3.63) is 45.8 Å². The van der Waals surface area contributed by atoms with Crippen molar-refractivity contribution in [1.82, 2.24) is 9.97 Å². The van der Waals surface area contributed by atoms with Crippen LogP contribution in [0.25, 0.3) is 0 Å². The Morgan fingerprint density at radius 2 is 1.85 bits per heavy atom. The van der Waals surface area contributed by atoms with E-state index in [2.05, 4.69) is 15.3 Å². The molecular formula is C13H14N4O3. The van der Waals surface area contributed by atoms with E-state index in [1.807, 2.05) is 6.92 Å². The summed E-state index contributed by atoms with van der Waals surface area (Å²) in [7, 11) is 1.77. The Balaban J connectivity index is 2.30. The highest BCUT2D eigenvalue weighted by Crippen LogP contribution is 2.27. The van der Waals surface area contributed by atoms with Crippen molar-refractivity contribution >= 4 is 11.5 Å². The second-order valence-electron chi connectivity index (χ2n) is 4.15. The first kappa shape index (κ1) is 13.7. The van der Waals surface area contributed by atoms with Gasteiger partial charge in [-0.3, -0.25) is 10.1 Å². The minimum absolute atomic E-state index is 0.0175. The monoisotopic (exact) mass is 274 g/mol. The number of nitrogens with zero attached hydrogens (tertiary/aromatic N) is 3. The van der Waals surface area contributed by atoms with E-state index in [1.54, 1.807) is 14.0 Å². The van der Waals surface area contributed by atoms with Gasteiger partial charge >= 0.3 is 0 Å². The molecule has 0 fully saturated rings. The third-order valence-corrected chi connectivity index (χ3v) is 2.71. The lowest BCUT2D eigenvalue weighted by Gasteiger charge is -2.11. The molecule has 0 unspecified atom stereocenters. The number of rotatable bonds is 4. The normalized spacial score (nSPS) is 10.2. The molecule has 0 bridgehead atoms. The number of anilines is 1. The summed E-state index contributed by atoms with van der Waals surface area (Å²) >= 11 is 0. The van der Waals surface area contributed by atoms with Crippen LogP contribution in [0.15, 0.2) is 24.3 Å². The Labute approximate surface area is 115 Å². The molecule has 2 aromatic rings. The molecule has 0 spiro atoms. The summed E-state index contributed by atoms with van der Waals surface area (Å²) in [5, 5.41) is 13.6. The first-order chi connectivity index (χ1) is 9.51. The molecule has 20 heavy (non-hydrogen) atoms. The molecule has 0 amide bonds. The largest absolute Gasteiger partial charge is 0.439 e. The summed E-state index contributed by atoms with van der Waals surface area (Å²) < 4.78 is 5.65. The maximum absolute atomic E-state index is 10.6. The number of aryl methyl sites for hydroxylation is 1. The fourth-order valence-corrected chi connectivity index (χ4v) is 1.69. The van der Waals surface area contributed by atoms with E-state index in [4.69, 9.17) is 4.74 Å². The van der Waals surface area contributed by atoms with Crippen molar-refractivity contribution in [1.29, 1.82) is 0 Å². The van der Waals surface area contributed by atoms with Gasteiger partial charge in [-0.2, -0.15) is 4.98 Å². The van der Waals surface area contributed by atoms with Gasteiger partial charge in [0.05, 0.1) is 10.5 Å². The second kappa shape index (κ2) is 5.52. The zero-order chi connectivity index (χ0) is 14.7. The van der Waals surface area contributed by atoms with Gasteiger partial charge in [0.1, 0.15) is 17.4 Å². The number of nitrogens with one attached hydrogen (secondary N) is 1. The van der Waals surface area contributed by atoms with Crippen LogP contribution in [-0.4, -0.2) is 21.9 Å². The molecule has 2 rings (SSSR count). The SMILES string of the molecule is CNc1nc(C)nc(Oc2ccc([N+](=O)[O-])cc2)c1C. The quantitative estimate of drug-likeness (QED) is 0.681. The molecule has 0 atom stereocenters. The third-order valence-electron chi connectivity index (χ3n) is 2.71. The predicted molar refractivity (Wildman–Crippen MR) is 74.2 cm³/mol. The highest BCUT2D eigenvalue weighted by Gasteiger charge is 2.11. The zero-order valence-electron chi connectivity index (χ0n) is 11.4. The minimum atomic E-state index is -0.455. The van der Waals surface area contributed by atoms with Crippen molar-refractivity contribution in [2.75, 3.05) is 12.4 Å². The molecule has 0 radical (unpaired) electrons. The van der Waals surface area contributed by atoms with Crippen LogP contribution in [0.2, 0.25) is 0 Å². The van der Waals surface area contributed by atoms with Crippen LogP contribution in [0, 0.1) is 24.0 Å². The van der Waals surface area contributed by atoms with Gasteiger partial charge in [0.2, 0.25) is 5.88 Å². The number of hydrogen-bond donors (Lipinski definition) is 1. The molecule has 0 aliphatic heterocycles. The van der Waals surface area contributed by atoms with Gasteiger partial charge in [-0.15, -0.1) is 0 Å². The van der Waals surface area contributed by atoms with Crippen molar-refractivity contribution in [3.8, 4) is 11.6 Å². The van der Waals surface area contributed by atoms with Crippen molar-refractivity contribution in [3.63, 3.8) is 0 Å². The molecule has 7 nitrogen and oxygen atoms in total. The lowest BCUT2D eigenvalue weighted by atomic mass is 10.3. The van der Waals surface area contributed by atoms with Crippen molar-refractivity contribution < 1.29 is 9.66 Å². The Bertz CT molecular complexity index is 641. The predicted octanol–water partition coefficient (Wildman–Crippen LogP) is 2.84. The smallest absolute Gasteiger partial charge is 0.269 e. The molecule has 0 aliphatic rings. The Hall–Kier alpha value is -2.70. The van der Waals surface area contributed by atoms with E-state index in [1.165, 1.54) is 24.3 Å². The first-order valence-electron chi connectivity index (χ1n) is 5.96. The molecule has 0 saturated heterocycles. The number of benzene rings is 1. The number of non-ortho nitro benzene ring substituents is 1. The molecule has 1 heterocycles. The highest BCUT2D eigenvalue weighted by atomic mass is 16.6. The average Bonchev–Trinajstić information content (AvgIpc) is 2.43. The summed E-state index contributed by atoms with van der Waals surface area (Å²) in [5.41, 5.74) is 0.792. The zero-order valence-corrected chi connectivity index (χ0v) is 11.4. The summed E-state index contributed by atoms with van der Waals surface area (Å²) in [6, 6.07) is 5.84. The van der Waals surface area contributed by atoms with Crippen LogP contribution in [0.1, 0.15) is 11.4 Å². The Morgan fingerprint density at radius 3 is 2.40 bits per heavy atom. The number of aromatic nitrogens is 2. The van der Waals surface area contributed by atoms with E-state index in [0.717, 1.165) is 5.56 Å². The van der Waals surface area contributed by atoms with Crippen LogP contribution in [0.5, 0.6) is 11.6 Å². The fraction of sp³-hybridized carbons (Fsp3) is 0.231. The summed E-state index contributed by atoms with van der Waals surface area (Å²) in [4.78, 5) is 18.6. The van der Waals surface area contributed by atoms with Crippen molar-refractivity contribution in [2.24, 2.45) is 0 Å². The molecule has 1 N–H and O–H groups in total. The molecule has 104 valence electrons. The maximum Gasteiger partial charge on any atom is 0.269 e. The number of nitro benzene ring substituents is 1. The van der Waals surface area contributed by atoms with E-state index >= 15 is 0 Å². The summed E-state index contributed by atoms with van der Waals surface area (Å²) in [6.45, 7) is 3.61. The molecule has 1 aromatic carbocycles. The standard InChI is InChI=1S/C13H14N4O3/c1-8-12(14-3)15-9(2)16-13(8)20-11-6-4-10(5-7-11)17(18)19/h4-7H,1-3H3,(H,14,15,16). The number of nitro groups is 1. The third kappa shape index (κ3) is 2.82. The molecule has 0 saturated carbocycles. The van der Waals surface area contributed by atoms with Crippen LogP contribution in [0.4, 0.5) is 11.5 Å². The van der Waals surface area contributed by atoms with E-state index in [0.29, 0.717) is 23.3 Å². The van der Waals surface area contributed by atoms with E-state index < -0.39 is 4.92 Å². The van der Waals surface area contributed by atoms with Gasteiger partial charge in [0.25, 0.3) is 5.69 Å². The van der Waals surface area contributed by atoms with Crippen LogP contribution in [-0.2, 0) is 0 Å². The van der Waals surface area contributed by atoms with Gasteiger partial charge in [0, 0.05) is 19.2 Å². The van der Waals surface area contributed by atoms with Crippen LogP contribution in [0.3, 0.4) is 0 Å². The summed E-state index contributed by atoms with van der Waals surface area (Å²) in [6.07, 6.45) is 0. The average molecular weight is 274 g/mol. The van der Waals surface area contributed by atoms with Crippen LogP contribution >= 0.6 is 0 Å². The molecule has 7 heteroatoms. The lowest BCUT2D eigenvalue weighted by Crippen LogP contribution is -2.02. The van der Waals surface area contributed by atoms with Gasteiger partial charge in [-0.05, 0) is 26.0 Å².